The summed E-state index contributed by atoms with van der Waals surface area (Å²) < 4.78 is 7.86. The number of carboxylic acid groups (broad SMARTS) is 1. The van der Waals surface area contributed by atoms with E-state index in [0.717, 1.165) is 37.4 Å². The highest BCUT2D eigenvalue weighted by Crippen LogP contribution is 2.44. The zero-order chi connectivity index (χ0) is 19.3. The van der Waals surface area contributed by atoms with E-state index in [9.17, 15) is 9.90 Å². The first-order valence-electron chi connectivity index (χ1n) is 10.0. The molecule has 2 aromatic heterocycles. The van der Waals surface area contributed by atoms with E-state index in [2.05, 4.69) is 26.4 Å². The summed E-state index contributed by atoms with van der Waals surface area (Å²) in [6.07, 6.45) is 6.64. The van der Waals surface area contributed by atoms with Crippen LogP contribution in [0.15, 0.2) is 24.4 Å². The van der Waals surface area contributed by atoms with Crippen LogP contribution in [0.25, 0.3) is 0 Å². The molecular weight excluding hydrogens is 358 g/mol. The second-order valence-electron chi connectivity index (χ2n) is 8.32. The molecule has 8 heteroatoms. The van der Waals surface area contributed by atoms with E-state index < -0.39 is 5.97 Å². The Kier molecular flexibility index (Phi) is 4.30. The van der Waals surface area contributed by atoms with Crippen LogP contribution in [0.1, 0.15) is 53.8 Å². The third-order valence-corrected chi connectivity index (χ3v) is 6.53. The molecule has 1 aliphatic heterocycles. The Labute approximate surface area is 163 Å². The zero-order valence-electron chi connectivity index (χ0n) is 15.9. The van der Waals surface area contributed by atoms with Crippen molar-refractivity contribution in [1.29, 1.82) is 0 Å². The predicted molar refractivity (Wildman–Crippen MR) is 101 cm³/mol. The van der Waals surface area contributed by atoms with Crippen LogP contribution in [0.4, 0.5) is 5.82 Å². The van der Waals surface area contributed by atoms with Gasteiger partial charge in [-0.05, 0) is 49.7 Å². The molecule has 3 fully saturated rings. The number of fused-ring (bicyclic) bond motifs is 1. The zero-order valence-corrected chi connectivity index (χ0v) is 15.9. The fourth-order valence-corrected chi connectivity index (χ4v) is 4.85. The Morgan fingerprint density at radius 3 is 2.71 bits per heavy atom. The normalized spacial score (nSPS) is 29.7. The number of ether oxygens (including phenoxy) is 1. The number of rotatable bonds is 5. The monoisotopic (exact) mass is 383 g/mol. The van der Waals surface area contributed by atoms with Gasteiger partial charge in [0.1, 0.15) is 5.82 Å². The Hall–Kier alpha value is -2.48. The van der Waals surface area contributed by atoms with Crippen molar-refractivity contribution in [3.05, 3.63) is 35.8 Å². The largest absolute Gasteiger partial charge is 0.477 e. The van der Waals surface area contributed by atoms with Gasteiger partial charge in [-0.1, -0.05) is 11.3 Å². The summed E-state index contributed by atoms with van der Waals surface area (Å²) in [6, 6.07) is 5.40. The van der Waals surface area contributed by atoms with Gasteiger partial charge in [-0.15, -0.1) is 5.10 Å². The first-order valence-corrected chi connectivity index (χ1v) is 10.0. The highest BCUT2D eigenvalue weighted by Gasteiger charge is 2.44. The van der Waals surface area contributed by atoms with Gasteiger partial charge in [-0.3, -0.25) is 0 Å². The molecule has 1 N–H and O–H groups in total. The molecule has 0 aromatic carbocycles. The van der Waals surface area contributed by atoms with Gasteiger partial charge in [0.2, 0.25) is 0 Å². The van der Waals surface area contributed by atoms with Crippen molar-refractivity contribution in [2.24, 2.45) is 11.8 Å². The fraction of sp³-hybridized carbons (Fsp3) is 0.600. The second kappa shape index (κ2) is 6.84. The first-order chi connectivity index (χ1) is 13.6. The van der Waals surface area contributed by atoms with Gasteiger partial charge < -0.3 is 14.7 Å². The molecule has 2 aromatic rings. The summed E-state index contributed by atoms with van der Waals surface area (Å²) in [6.45, 7) is 1.77. The van der Waals surface area contributed by atoms with Crippen LogP contribution < -0.4 is 4.90 Å². The van der Waals surface area contributed by atoms with E-state index in [1.165, 1.54) is 18.9 Å². The number of pyridine rings is 1. The van der Waals surface area contributed by atoms with Crippen molar-refractivity contribution >= 4 is 11.8 Å². The van der Waals surface area contributed by atoms with Crippen molar-refractivity contribution in [2.45, 2.75) is 43.7 Å². The number of carbonyl (C=O) groups is 1. The third-order valence-electron chi connectivity index (χ3n) is 6.53. The number of aromatic carboxylic acids is 1. The minimum Gasteiger partial charge on any atom is -0.477 e. The number of carboxylic acids is 1. The van der Waals surface area contributed by atoms with E-state index in [1.54, 1.807) is 13.2 Å². The van der Waals surface area contributed by atoms with E-state index in [0.29, 0.717) is 17.8 Å². The van der Waals surface area contributed by atoms with E-state index in [1.807, 2.05) is 10.7 Å². The number of hydrogen-bond donors (Lipinski definition) is 1. The molecule has 2 aliphatic carbocycles. The molecule has 0 radical (unpaired) electrons. The van der Waals surface area contributed by atoms with Crippen LogP contribution in [0, 0.1) is 11.8 Å². The smallest absolute Gasteiger partial charge is 0.354 e. The lowest BCUT2D eigenvalue weighted by Gasteiger charge is -2.36. The number of aromatic nitrogens is 4. The lowest BCUT2D eigenvalue weighted by Crippen LogP contribution is -2.37. The minimum atomic E-state index is -0.990. The summed E-state index contributed by atoms with van der Waals surface area (Å²) in [5.41, 5.74) is 1.20. The molecule has 0 amide bonds. The molecule has 3 aliphatic rings. The van der Waals surface area contributed by atoms with Gasteiger partial charge >= 0.3 is 5.97 Å². The van der Waals surface area contributed by atoms with Gasteiger partial charge in [0.05, 0.1) is 17.8 Å². The van der Waals surface area contributed by atoms with Crippen LogP contribution >= 0.6 is 0 Å². The van der Waals surface area contributed by atoms with Gasteiger partial charge in [-0.25, -0.2) is 14.5 Å². The Balaban J connectivity index is 1.34. The minimum absolute atomic E-state index is 0.0928. The quantitative estimate of drug-likeness (QED) is 0.847. The maximum Gasteiger partial charge on any atom is 0.354 e. The van der Waals surface area contributed by atoms with Gasteiger partial charge in [0, 0.05) is 32.3 Å². The van der Waals surface area contributed by atoms with Crippen molar-refractivity contribution in [2.75, 3.05) is 25.1 Å². The molecular formula is C20H25N5O3. The highest BCUT2D eigenvalue weighted by atomic mass is 16.5. The lowest BCUT2D eigenvalue weighted by molar-refractivity contribution is -0.00542. The molecule has 0 bridgehead atoms. The van der Waals surface area contributed by atoms with Crippen LogP contribution in [0.2, 0.25) is 0 Å². The maximum atomic E-state index is 11.2. The van der Waals surface area contributed by atoms with Crippen molar-refractivity contribution in [1.82, 2.24) is 20.0 Å². The lowest BCUT2D eigenvalue weighted by atomic mass is 9.77. The second-order valence-corrected chi connectivity index (χ2v) is 8.32. The van der Waals surface area contributed by atoms with Crippen LogP contribution in [-0.2, 0) is 4.74 Å². The number of methoxy groups -OCH3 is 1. The van der Waals surface area contributed by atoms with Gasteiger partial charge in [0.15, 0.2) is 5.69 Å². The van der Waals surface area contributed by atoms with Crippen LogP contribution in [-0.4, -0.2) is 57.4 Å². The van der Waals surface area contributed by atoms with Crippen LogP contribution in [0.3, 0.4) is 0 Å². The van der Waals surface area contributed by atoms with E-state index in [-0.39, 0.29) is 17.8 Å². The molecule has 3 heterocycles. The molecule has 148 valence electrons. The molecule has 8 nitrogen and oxygen atoms in total. The number of nitrogens with zero attached hydrogens (tertiary/aromatic N) is 5. The SMILES string of the molecule is CO[C@@H]1C[C@H]2CN(c3cccc(C(=O)O)n3)C[C@H]2C[C@H]1n1cc(C2CC2)nn1. The van der Waals surface area contributed by atoms with Crippen molar-refractivity contribution < 1.29 is 14.6 Å². The Morgan fingerprint density at radius 1 is 1.21 bits per heavy atom. The summed E-state index contributed by atoms with van der Waals surface area (Å²) in [4.78, 5) is 17.8. The molecule has 2 saturated carbocycles. The number of hydrogen-bond acceptors (Lipinski definition) is 6. The molecule has 0 spiro atoms. The topological polar surface area (TPSA) is 93.4 Å². The summed E-state index contributed by atoms with van der Waals surface area (Å²) in [5, 5.41) is 18.0. The average molecular weight is 383 g/mol. The van der Waals surface area contributed by atoms with Gasteiger partial charge in [-0.2, -0.15) is 0 Å². The average Bonchev–Trinajstić information content (AvgIpc) is 3.29. The highest BCUT2D eigenvalue weighted by molar-refractivity contribution is 5.85. The summed E-state index contributed by atoms with van der Waals surface area (Å²) >= 11 is 0. The summed E-state index contributed by atoms with van der Waals surface area (Å²) in [5.74, 6) is 1.39. The molecule has 4 atom stereocenters. The van der Waals surface area contributed by atoms with Crippen molar-refractivity contribution in [3.8, 4) is 0 Å². The molecule has 28 heavy (non-hydrogen) atoms. The number of anilines is 1. The molecule has 0 unspecified atom stereocenters. The summed E-state index contributed by atoms with van der Waals surface area (Å²) in [7, 11) is 1.78. The predicted octanol–water partition coefficient (Wildman–Crippen LogP) is 2.35. The molecule has 5 rings (SSSR count). The van der Waals surface area contributed by atoms with Crippen LogP contribution in [0.5, 0.6) is 0 Å². The fourth-order valence-electron chi connectivity index (χ4n) is 4.85. The molecule has 1 saturated heterocycles. The van der Waals surface area contributed by atoms with Gasteiger partial charge in [0.25, 0.3) is 0 Å². The van der Waals surface area contributed by atoms with E-state index in [4.69, 9.17) is 4.74 Å². The van der Waals surface area contributed by atoms with Crippen molar-refractivity contribution in [3.63, 3.8) is 0 Å². The third kappa shape index (κ3) is 3.15. The Morgan fingerprint density at radius 2 is 2.00 bits per heavy atom. The maximum absolute atomic E-state index is 11.2. The Bertz CT molecular complexity index is 880. The standard InChI is InChI=1S/C20H25N5O3/c1-28-18-8-14-10-24(19-4-2-3-15(21-19)20(26)27)9-13(14)7-17(18)25-11-16(22-23-25)12-5-6-12/h2-4,11-14,17-18H,5-10H2,1H3,(H,26,27)/t13-,14+,17-,18-/m1/s1. The first kappa shape index (κ1) is 17.6. The van der Waals surface area contributed by atoms with E-state index >= 15 is 0 Å².